The molecule has 152 valence electrons. The number of amides is 1. The largest absolute Gasteiger partial charge is 0.494 e. The topological polar surface area (TPSA) is 64.4 Å². The Balaban J connectivity index is 1.63. The second-order valence-electron chi connectivity index (χ2n) is 7.26. The van der Waals surface area contributed by atoms with Crippen molar-refractivity contribution in [2.75, 3.05) is 19.7 Å². The first-order chi connectivity index (χ1) is 14.2. The van der Waals surface area contributed by atoms with Crippen LogP contribution in [0.15, 0.2) is 40.8 Å². The number of nitrogens with zero attached hydrogens (tertiary/aromatic N) is 3. The molecule has 0 saturated carbocycles. The van der Waals surface area contributed by atoms with Gasteiger partial charge in [-0.25, -0.2) is 4.98 Å². The fourth-order valence-corrected chi connectivity index (χ4v) is 4.66. The number of rotatable bonds is 5. The molecule has 6 nitrogen and oxygen atoms in total. The van der Waals surface area contributed by atoms with Crippen LogP contribution in [0.1, 0.15) is 32.6 Å². The van der Waals surface area contributed by atoms with E-state index in [9.17, 15) is 9.59 Å². The Morgan fingerprint density at radius 1 is 1.14 bits per heavy atom. The summed E-state index contributed by atoms with van der Waals surface area (Å²) in [5.41, 5.74) is 1.63. The molecule has 1 fully saturated rings. The Kier molecular flexibility index (Phi) is 5.94. The Labute approximate surface area is 173 Å². The van der Waals surface area contributed by atoms with Crippen LogP contribution in [0.4, 0.5) is 0 Å². The predicted octanol–water partition coefficient (Wildman–Crippen LogP) is 3.93. The quantitative estimate of drug-likeness (QED) is 0.638. The first kappa shape index (κ1) is 19.6. The van der Waals surface area contributed by atoms with Crippen LogP contribution in [-0.2, 0) is 11.3 Å². The van der Waals surface area contributed by atoms with Gasteiger partial charge in [-0.15, -0.1) is 11.3 Å². The zero-order chi connectivity index (χ0) is 20.2. The highest BCUT2D eigenvalue weighted by Gasteiger charge is 2.19. The van der Waals surface area contributed by atoms with Crippen LogP contribution in [0.5, 0.6) is 5.75 Å². The van der Waals surface area contributed by atoms with Crippen molar-refractivity contribution in [3.05, 3.63) is 46.3 Å². The molecular weight excluding hydrogens is 386 g/mol. The molecule has 1 saturated heterocycles. The summed E-state index contributed by atoms with van der Waals surface area (Å²) in [5, 5.41) is 2.53. The van der Waals surface area contributed by atoms with Crippen molar-refractivity contribution in [3.63, 3.8) is 0 Å². The Bertz CT molecular complexity index is 1050. The van der Waals surface area contributed by atoms with E-state index < -0.39 is 0 Å². The summed E-state index contributed by atoms with van der Waals surface area (Å²) in [5.74, 6) is 0.794. The van der Waals surface area contributed by atoms with Crippen molar-refractivity contribution in [3.8, 4) is 16.9 Å². The van der Waals surface area contributed by atoms with E-state index in [1.807, 2.05) is 41.5 Å². The van der Waals surface area contributed by atoms with Crippen molar-refractivity contribution >= 4 is 27.5 Å². The predicted molar refractivity (Wildman–Crippen MR) is 116 cm³/mol. The zero-order valence-electron chi connectivity index (χ0n) is 16.6. The number of fused-ring (bicyclic) bond motifs is 1. The Morgan fingerprint density at radius 3 is 2.55 bits per heavy atom. The van der Waals surface area contributed by atoms with E-state index in [2.05, 4.69) is 4.98 Å². The van der Waals surface area contributed by atoms with Gasteiger partial charge in [-0.1, -0.05) is 25.0 Å². The van der Waals surface area contributed by atoms with Crippen LogP contribution in [0.25, 0.3) is 21.3 Å². The summed E-state index contributed by atoms with van der Waals surface area (Å²) in [6, 6.07) is 7.71. The molecule has 0 aliphatic carbocycles. The van der Waals surface area contributed by atoms with Gasteiger partial charge in [0.25, 0.3) is 5.56 Å². The molecule has 0 N–H and O–H groups in total. The number of aromatic nitrogens is 2. The third-order valence-corrected chi connectivity index (χ3v) is 6.19. The molecule has 1 aliphatic heterocycles. The van der Waals surface area contributed by atoms with Crippen LogP contribution in [0, 0.1) is 0 Å². The van der Waals surface area contributed by atoms with E-state index in [-0.39, 0.29) is 18.0 Å². The summed E-state index contributed by atoms with van der Waals surface area (Å²) in [6.07, 6.45) is 5.89. The molecule has 1 aliphatic rings. The van der Waals surface area contributed by atoms with E-state index in [4.69, 9.17) is 4.74 Å². The van der Waals surface area contributed by atoms with Crippen molar-refractivity contribution < 1.29 is 9.53 Å². The van der Waals surface area contributed by atoms with Crippen LogP contribution in [0.3, 0.4) is 0 Å². The third-order valence-electron chi connectivity index (χ3n) is 5.30. The first-order valence-electron chi connectivity index (χ1n) is 10.1. The molecular formula is C22H25N3O3S. The fraction of sp³-hybridized carbons (Fsp3) is 0.409. The summed E-state index contributed by atoms with van der Waals surface area (Å²) in [4.78, 5) is 32.9. The number of benzene rings is 1. The molecule has 7 heteroatoms. The standard InChI is InChI=1S/C22H25N3O3S/c1-2-28-17-9-7-16(8-10-17)18-14-29-21-20(18)22(27)25(15-23-21)13-19(26)24-11-5-3-4-6-12-24/h7-10,14-15H,2-6,11-13H2,1H3. The van der Waals surface area contributed by atoms with Gasteiger partial charge in [-0.3, -0.25) is 14.2 Å². The number of hydrogen-bond donors (Lipinski definition) is 0. The highest BCUT2D eigenvalue weighted by molar-refractivity contribution is 7.17. The van der Waals surface area contributed by atoms with Gasteiger partial charge in [0.15, 0.2) is 0 Å². The molecule has 0 atom stereocenters. The van der Waals surface area contributed by atoms with Crippen LogP contribution in [0.2, 0.25) is 0 Å². The summed E-state index contributed by atoms with van der Waals surface area (Å²) < 4.78 is 6.95. The molecule has 4 rings (SSSR count). The number of carbonyl (C=O) groups is 1. The normalized spacial score (nSPS) is 14.7. The van der Waals surface area contributed by atoms with Crippen LogP contribution < -0.4 is 10.3 Å². The van der Waals surface area contributed by atoms with Crippen LogP contribution in [-0.4, -0.2) is 40.1 Å². The molecule has 3 heterocycles. The number of thiophene rings is 1. The second kappa shape index (κ2) is 8.78. The van der Waals surface area contributed by atoms with Gasteiger partial charge in [0.05, 0.1) is 18.3 Å². The minimum Gasteiger partial charge on any atom is -0.494 e. The lowest BCUT2D eigenvalue weighted by molar-refractivity contribution is -0.131. The van der Waals surface area contributed by atoms with E-state index in [1.54, 1.807) is 0 Å². The lowest BCUT2D eigenvalue weighted by Crippen LogP contribution is -2.37. The van der Waals surface area contributed by atoms with E-state index in [0.717, 1.165) is 55.6 Å². The SMILES string of the molecule is CCOc1ccc(-c2csc3ncn(CC(=O)N4CCCCCC4)c(=O)c23)cc1. The maximum Gasteiger partial charge on any atom is 0.263 e. The molecule has 0 spiro atoms. The average Bonchev–Trinajstić information content (AvgIpc) is 2.97. The molecule has 1 amide bonds. The van der Waals surface area contributed by atoms with Gasteiger partial charge in [0.2, 0.25) is 5.91 Å². The number of likely N-dealkylation sites (tertiary alicyclic amines) is 1. The summed E-state index contributed by atoms with van der Waals surface area (Å²) in [6.45, 7) is 4.15. The second-order valence-corrected chi connectivity index (χ2v) is 8.12. The Morgan fingerprint density at radius 2 is 1.86 bits per heavy atom. The molecule has 0 unspecified atom stereocenters. The lowest BCUT2D eigenvalue weighted by Gasteiger charge is -2.20. The van der Waals surface area contributed by atoms with Gasteiger partial charge in [-0.05, 0) is 37.5 Å². The van der Waals surface area contributed by atoms with Gasteiger partial charge in [-0.2, -0.15) is 0 Å². The monoisotopic (exact) mass is 411 g/mol. The van der Waals surface area contributed by atoms with Gasteiger partial charge >= 0.3 is 0 Å². The summed E-state index contributed by atoms with van der Waals surface area (Å²) in [7, 11) is 0. The zero-order valence-corrected chi connectivity index (χ0v) is 17.4. The first-order valence-corrected chi connectivity index (χ1v) is 11.0. The number of ether oxygens (including phenoxy) is 1. The minimum absolute atomic E-state index is 0.00648. The average molecular weight is 412 g/mol. The minimum atomic E-state index is -0.164. The van der Waals surface area contributed by atoms with Crippen molar-refractivity contribution in [1.82, 2.24) is 14.5 Å². The molecule has 0 bridgehead atoms. The van der Waals surface area contributed by atoms with Gasteiger partial charge in [0, 0.05) is 24.0 Å². The third kappa shape index (κ3) is 4.19. The maximum atomic E-state index is 13.2. The molecule has 29 heavy (non-hydrogen) atoms. The van der Waals surface area contributed by atoms with Gasteiger partial charge in [0.1, 0.15) is 17.1 Å². The maximum absolute atomic E-state index is 13.2. The van der Waals surface area contributed by atoms with Gasteiger partial charge < -0.3 is 9.64 Å². The van der Waals surface area contributed by atoms with E-state index in [0.29, 0.717) is 16.8 Å². The number of carbonyl (C=O) groups excluding carboxylic acids is 1. The summed E-state index contributed by atoms with van der Waals surface area (Å²) >= 11 is 1.44. The highest BCUT2D eigenvalue weighted by atomic mass is 32.1. The van der Waals surface area contributed by atoms with Crippen molar-refractivity contribution in [2.45, 2.75) is 39.2 Å². The fourth-order valence-electron chi connectivity index (χ4n) is 3.76. The molecule has 1 aromatic carbocycles. The van der Waals surface area contributed by atoms with E-state index >= 15 is 0 Å². The molecule has 0 radical (unpaired) electrons. The smallest absolute Gasteiger partial charge is 0.263 e. The highest BCUT2D eigenvalue weighted by Crippen LogP contribution is 2.31. The Hall–Kier alpha value is -2.67. The lowest BCUT2D eigenvalue weighted by atomic mass is 10.1. The number of hydrogen-bond acceptors (Lipinski definition) is 5. The molecule has 2 aromatic heterocycles. The van der Waals surface area contributed by atoms with Crippen molar-refractivity contribution in [2.24, 2.45) is 0 Å². The van der Waals surface area contributed by atoms with Crippen molar-refractivity contribution in [1.29, 1.82) is 0 Å². The van der Waals surface area contributed by atoms with Crippen LogP contribution >= 0.6 is 11.3 Å². The van der Waals surface area contributed by atoms with E-state index in [1.165, 1.54) is 22.2 Å². The molecule has 3 aromatic rings.